The standard InChI is InChI=1S/C60H51NO/c1-57(2,3)36-24-28-43-44-29-25-37(58(4,5)6)33-52(44)60(51(43)32-36)49-21-13-10-17-41(49)46-19-15-22-53(56(46)60)61(38-27-31-55-47(34-38)45-18-11-14-23-54(45)62-55)39-26-30-42-40-16-9-12-20-48(40)59(7,8)50(42)35-39/h9-35H,1-8H3. The Balaban J connectivity index is 1.21. The van der Waals surface area contributed by atoms with Gasteiger partial charge in [-0.2, -0.15) is 0 Å². The molecular weight excluding hydrogens is 751 g/mol. The van der Waals surface area contributed by atoms with E-state index in [0.29, 0.717) is 0 Å². The van der Waals surface area contributed by atoms with E-state index in [1.165, 1.54) is 83.6 Å². The Bertz CT molecular complexity index is 3300. The molecule has 0 saturated heterocycles. The molecule has 9 aromatic rings. The van der Waals surface area contributed by atoms with E-state index >= 15 is 0 Å². The van der Waals surface area contributed by atoms with Crippen molar-refractivity contribution < 1.29 is 4.42 Å². The second kappa shape index (κ2) is 12.5. The number of furan rings is 1. The molecule has 1 heterocycles. The van der Waals surface area contributed by atoms with Crippen LogP contribution in [-0.4, -0.2) is 0 Å². The van der Waals surface area contributed by atoms with Gasteiger partial charge in [-0.1, -0.05) is 177 Å². The van der Waals surface area contributed by atoms with Crippen LogP contribution >= 0.6 is 0 Å². The number of hydrogen-bond acceptors (Lipinski definition) is 2. The second-order valence-corrected chi connectivity index (χ2v) is 20.5. The first-order chi connectivity index (χ1) is 29.8. The number of fused-ring (bicyclic) bond motifs is 16. The molecule has 0 N–H and O–H groups in total. The summed E-state index contributed by atoms with van der Waals surface area (Å²) in [6, 6.07) is 62.3. The molecule has 0 saturated carbocycles. The zero-order chi connectivity index (χ0) is 42.5. The molecular formula is C60H51NO. The van der Waals surface area contributed by atoms with Gasteiger partial charge in [0.05, 0.1) is 11.1 Å². The van der Waals surface area contributed by atoms with Crippen LogP contribution in [0.4, 0.5) is 17.1 Å². The van der Waals surface area contributed by atoms with Gasteiger partial charge in [0.1, 0.15) is 11.2 Å². The maximum absolute atomic E-state index is 6.45. The van der Waals surface area contributed by atoms with Gasteiger partial charge in [-0.05, 0) is 126 Å². The third-order valence-electron chi connectivity index (χ3n) is 14.6. The first-order valence-corrected chi connectivity index (χ1v) is 22.3. The van der Waals surface area contributed by atoms with Crippen LogP contribution < -0.4 is 4.90 Å². The van der Waals surface area contributed by atoms with Crippen LogP contribution in [-0.2, 0) is 21.7 Å². The first kappa shape index (κ1) is 37.1. The fourth-order valence-electron chi connectivity index (χ4n) is 11.5. The fraction of sp³-hybridized carbons (Fsp3) is 0.200. The predicted octanol–water partition coefficient (Wildman–Crippen LogP) is 16.3. The largest absolute Gasteiger partial charge is 0.456 e. The number of para-hydroxylation sites is 1. The van der Waals surface area contributed by atoms with Crippen LogP contribution in [0.25, 0.3) is 55.3 Å². The first-order valence-electron chi connectivity index (χ1n) is 22.3. The molecule has 0 amide bonds. The van der Waals surface area contributed by atoms with E-state index in [4.69, 9.17) is 4.42 Å². The molecule has 1 aromatic heterocycles. The number of nitrogens with zero attached hydrogens (tertiary/aromatic N) is 1. The smallest absolute Gasteiger partial charge is 0.135 e. The Morgan fingerprint density at radius 2 is 0.919 bits per heavy atom. The van der Waals surface area contributed by atoms with Gasteiger partial charge in [-0.25, -0.2) is 0 Å². The van der Waals surface area contributed by atoms with Crippen molar-refractivity contribution in [2.24, 2.45) is 0 Å². The van der Waals surface area contributed by atoms with Crippen LogP contribution in [0, 0.1) is 0 Å². The number of benzene rings is 8. The van der Waals surface area contributed by atoms with Crippen molar-refractivity contribution in [3.63, 3.8) is 0 Å². The molecule has 2 heteroatoms. The molecule has 3 aliphatic carbocycles. The average molecular weight is 802 g/mol. The lowest BCUT2D eigenvalue weighted by Crippen LogP contribution is -2.29. The molecule has 0 aliphatic heterocycles. The molecule has 62 heavy (non-hydrogen) atoms. The minimum Gasteiger partial charge on any atom is -0.456 e. The molecule has 302 valence electrons. The van der Waals surface area contributed by atoms with E-state index in [9.17, 15) is 0 Å². The van der Waals surface area contributed by atoms with E-state index in [1.54, 1.807) is 0 Å². The van der Waals surface area contributed by atoms with Crippen LogP contribution in [0.3, 0.4) is 0 Å². The Hall–Kier alpha value is -6.64. The van der Waals surface area contributed by atoms with Crippen molar-refractivity contribution in [2.45, 2.75) is 77.0 Å². The summed E-state index contributed by atoms with van der Waals surface area (Å²) in [7, 11) is 0. The maximum atomic E-state index is 6.45. The van der Waals surface area contributed by atoms with E-state index in [2.05, 4.69) is 224 Å². The molecule has 0 bridgehead atoms. The van der Waals surface area contributed by atoms with Crippen LogP contribution in [0.15, 0.2) is 168 Å². The van der Waals surface area contributed by atoms with Crippen molar-refractivity contribution in [1.82, 2.24) is 0 Å². The summed E-state index contributed by atoms with van der Waals surface area (Å²) in [6.45, 7) is 18.8. The summed E-state index contributed by atoms with van der Waals surface area (Å²) in [5, 5.41) is 2.24. The van der Waals surface area contributed by atoms with E-state index in [-0.39, 0.29) is 16.2 Å². The van der Waals surface area contributed by atoms with E-state index in [0.717, 1.165) is 33.3 Å². The van der Waals surface area contributed by atoms with Gasteiger partial charge in [-0.15, -0.1) is 0 Å². The Labute approximate surface area is 365 Å². The van der Waals surface area contributed by atoms with Crippen molar-refractivity contribution in [1.29, 1.82) is 0 Å². The topological polar surface area (TPSA) is 16.4 Å². The predicted molar refractivity (Wildman–Crippen MR) is 260 cm³/mol. The quantitative estimate of drug-likeness (QED) is 0.177. The zero-order valence-corrected chi connectivity index (χ0v) is 36.9. The molecule has 0 fully saturated rings. The lowest BCUT2D eigenvalue weighted by atomic mass is 9.68. The SMILES string of the molecule is CC(C)(C)c1ccc2c(c1)C1(c3cc(C(C)(C)C)ccc3-2)c2ccccc2-c2cccc(N(c3ccc4c(c3)C(C)(C)c3ccccc3-4)c3ccc4oc5ccccc5c4c3)c21. The Morgan fingerprint density at radius 1 is 0.403 bits per heavy atom. The maximum Gasteiger partial charge on any atom is 0.135 e. The fourth-order valence-corrected chi connectivity index (χ4v) is 11.5. The number of rotatable bonds is 3. The normalized spacial score (nSPS) is 15.0. The molecule has 0 radical (unpaired) electrons. The summed E-state index contributed by atoms with van der Waals surface area (Å²) in [5.41, 5.74) is 23.1. The van der Waals surface area contributed by atoms with Gasteiger partial charge in [0.2, 0.25) is 0 Å². The van der Waals surface area contributed by atoms with Crippen molar-refractivity contribution >= 4 is 39.0 Å². The zero-order valence-electron chi connectivity index (χ0n) is 36.9. The Morgan fingerprint density at radius 3 is 1.61 bits per heavy atom. The lowest BCUT2D eigenvalue weighted by molar-refractivity contribution is 0.586. The summed E-state index contributed by atoms with van der Waals surface area (Å²) in [4.78, 5) is 2.56. The molecule has 3 aliphatic rings. The lowest BCUT2D eigenvalue weighted by Gasteiger charge is -2.37. The number of anilines is 3. The highest BCUT2D eigenvalue weighted by Gasteiger charge is 2.54. The number of hydrogen-bond donors (Lipinski definition) is 0. The molecule has 1 spiro atoms. The van der Waals surface area contributed by atoms with Gasteiger partial charge >= 0.3 is 0 Å². The minimum atomic E-state index is -0.577. The third kappa shape index (κ3) is 4.92. The summed E-state index contributed by atoms with van der Waals surface area (Å²) in [5.74, 6) is 0. The Kier molecular flexibility index (Phi) is 7.48. The van der Waals surface area contributed by atoms with Crippen LogP contribution in [0.2, 0.25) is 0 Å². The van der Waals surface area contributed by atoms with Gasteiger partial charge in [0, 0.05) is 33.1 Å². The van der Waals surface area contributed by atoms with E-state index in [1.807, 2.05) is 0 Å². The highest BCUT2D eigenvalue weighted by Crippen LogP contribution is 2.66. The van der Waals surface area contributed by atoms with Gasteiger partial charge < -0.3 is 9.32 Å². The van der Waals surface area contributed by atoms with Crippen LogP contribution in [0.1, 0.15) is 99.9 Å². The monoisotopic (exact) mass is 801 g/mol. The van der Waals surface area contributed by atoms with Crippen molar-refractivity contribution in [3.05, 3.63) is 208 Å². The molecule has 8 aromatic carbocycles. The van der Waals surface area contributed by atoms with Crippen molar-refractivity contribution in [3.8, 4) is 33.4 Å². The molecule has 2 nitrogen and oxygen atoms in total. The van der Waals surface area contributed by atoms with Gasteiger partial charge in [0.15, 0.2) is 0 Å². The molecule has 12 rings (SSSR count). The summed E-state index contributed by atoms with van der Waals surface area (Å²) >= 11 is 0. The highest BCUT2D eigenvalue weighted by molar-refractivity contribution is 6.07. The minimum absolute atomic E-state index is 0.0361. The van der Waals surface area contributed by atoms with E-state index < -0.39 is 5.41 Å². The summed E-state index contributed by atoms with van der Waals surface area (Å²) < 4.78 is 6.45. The van der Waals surface area contributed by atoms with Crippen LogP contribution in [0.5, 0.6) is 0 Å². The van der Waals surface area contributed by atoms with Crippen molar-refractivity contribution in [2.75, 3.05) is 4.90 Å². The molecule has 0 unspecified atom stereocenters. The third-order valence-corrected chi connectivity index (χ3v) is 14.6. The molecule has 0 atom stereocenters. The van der Waals surface area contributed by atoms with Gasteiger partial charge in [0.25, 0.3) is 0 Å². The average Bonchev–Trinajstić information content (AvgIpc) is 3.95. The van der Waals surface area contributed by atoms with Gasteiger partial charge in [-0.3, -0.25) is 0 Å². The summed E-state index contributed by atoms with van der Waals surface area (Å²) in [6.07, 6.45) is 0. The highest BCUT2D eigenvalue weighted by atomic mass is 16.3. The second-order valence-electron chi connectivity index (χ2n) is 20.5.